The van der Waals surface area contributed by atoms with Crippen LogP contribution in [0.3, 0.4) is 0 Å². The van der Waals surface area contributed by atoms with Gasteiger partial charge >= 0.3 is 0 Å². The standard InChI is InChI=1S/C16H26N2O/c1-3-13-7-5-6-8-15(13)19-16-10-12(11-17)9-14(4-2)18-16/h9-10,13,15H,3-8,11,17H2,1-2H3. The predicted molar refractivity (Wildman–Crippen MR) is 78.2 cm³/mol. The lowest BCUT2D eigenvalue weighted by atomic mass is 9.85. The Morgan fingerprint density at radius 1 is 1.26 bits per heavy atom. The third-order valence-electron chi connectivity index (χ3n) is 4.15. The first kappa shape index (κ1) is 14.3. The number of nitrogens with zero attached hydrogens (tertiary/aromatic N) is 1. The molecule has 2 N–H and O–H groups in total. The topological polar surface area (TPSA) is 48.1 Å². The molecule has 1 saturated carbocycles. The zero-order valence-corrected chi connectivity index (χ0v) is 12.2. The van der Waals surface area contributed by atoms with E-state index in [-0.39, 0.29) is 0 Å². The Balaban J connectivity index is 2.12. The average molecular weight is 262 g/mol. The van der Waals surface area contributed by atoms with E-state index in [1.165, 1.54) is 25.7 Å². The molecule has 3 heteroatoms. The molecule has 1 aliphatic rings. The molecule has 1 fully saturated rings. The molecule has 2 atom stereocenters. The predicted octanol–water partition coefficient (Wildman–Crippen LogP) is 3.45. The van der Waals surface area contributed by atoms with Gasteiger partial charge in [0.25, 0.3) is 0 Å². The second-order valence-corrected chi connectivity index (χ2v) is 5.47. The molecule has 0 radical (unpaired) electrons. The van der Waals surface area contributed by atoms with Gasteiger partial charge in [0.1, 0.15) is 6.10 Å². The van der Waals surface area contributed by atoms with E-state index in [2.05, 4.69) is 24.9 Å². The molecular weight excluding hydrogens is 236 g/mol. The fourth-order valence-electron chi connectivity index (χ4n) is 2.93. The van der Waals surface area contributed by atoms with E-state index in [1.54, 1.807) is 0 Å². The highest BCUT2D eigenvalue weighted by molar-refractivity contribution is 5.25. The van der Waals surface area contributed by atoms with Crippen LogP contribution in [-0.4, -0.2) is 11.1 Å². The van der Waals surface area contributed by atoms with Crippen LogP contribution < -0.4 is 10.5 Å². The first-order chi connectivity index (χ1) is 9.26. The normalized spacial score (nSPS) is 23.3. The zero-order chi connectivity index (χ0) is 13.7. The highest BCUT2D eigenvalue weighted by Gasteiger charge is 2.25. The highest BCUT2D eigenvalue weighted by atomic mass is 16.5. The summed E-state index contributed by atoms with van der Waals surface area (Å²) in [5.74, 6) is 1.45. The quantitative estimate of drug-likeness (QED) is 0.884. The summed E-state index contributed by atoms with van der Waals surface area (Å²) in [5, 5.41) is 0. The van der Waals surface area contributed by atoms with Gasteiger partial charge in [-0.1, -0.05) is 20.3 Å². The molecule has 1 aromatic rings. The Bertz CT molecular complexity index is 383. The van der Waals surface area contributed by atoms with E-state index >= 15 is 0 Å². The van der Waals surface area contributed by atoms with Crippen LogP contribution in [0.5, 0.6) is 5.88 Å². The van der Waals surface area contributed by atoms with E-state index in [4.69, 9.17) is 10.5 Å². The maximum atomic E-state index is 6.18. The summed E-state index contributed by atoms with van der Waals surface area (Å²) < 4.78 is 6.18. The second-order valence-electron chi connectivity index (χ2n) is 5.47. The first-order valence-corrected chi connectivity index (χ1v) is 7.63. The van der Waals surface area contributed by atoms with Crippen LogP contribution in [0.15, 0.2) is 12.1 Å². The van der Waals surface area contributed by atoms with Crippen LogP contribution in [0.4, 0.5) is 0 Å². The van der Waals surface area contributed by atoms with Crippen LogP contribution in [-0.2, 0) is 13.0 Å². The molecule has 0 aromatic carbocycles. The van der Waals surface area contributed by atoms with Gasteiger partial charge < -0.3 is 10.5 Å². The number of hydrogen-bond acceptors (Lipinski definition) is 3. The number of aryl methyl sites for hydroxylation is 1. The van der Waals surface area contributed by atoms with Crippen LogP contribution in [0.25, 0.3) is 0 Å². The monoisotopic (exact) mass is 262 g/mol. The molecule has 1 aromatic heterocycles. The van der Waals surface area contributed by atoms with Gasteiger partial charge in [-0.2, -0.15) is 0 Å². The average Bonchev–Trinajstić information content (AvgIpc) is 2.47. The molecule has 1 aliphatic carbocycles. The van der Waals surface area contributed by atoms with E-state index in [1.807, 2.05) is 6.07 Å². The summed E-state index contributed by atoms with van der Waals surface area (Å²) in [6.45, 7) is 4.92. The molecule has 0 amide bonds. The molecule has 3 nitrogen and oxygen atoms in total. The number of ether oxygens (including phenoxy) is 1. The summed E-state index contributed by atoms with van der Waals surface area (Å²) in [6.07, 6.45) is 7.53. The number of rotatable bonds is 5. The second kappa shape index (κ2) is 6.90. The van der Waals surface area contributed by atoms with E-state index in [0.717, 1.165) is 30.0 Å². The van der Waals surface area contributed by atoms with Crippen LogP contribution in [0.1, 0.15) is 57.2 Å². The minimum atomic E-state index is 0.337. The lowest BCUT2D eigenvalue weighted by Gasteiger charge is -2.31. The molecule has 0 saturated heterocycles. The third-order valence-corrected chi connectivity index (χ3v) is 4.15. The first-order valence-electron chi connectivity index (χ1n) is 7.63. The summed E-state index contributed by atoms with van der Waals surface area (Å²) in [4.78, 5) is 4.58. The molecule has 2 unspecified atom stereocenters. The van der Waals surface area contributed by atoms with Crippen molar-refractivity contribution in [2.24, 2.45) is 11.7 Å². The Kier molecular flexibility index (Phi) is 5.20. The SMILES string of the molecule is CCc1cc(CN)cc(OC2CCCCC2CC)n1. The summed E-state index contributed by atoms with van der Waals surface area (Å²) >= 11 is 0. The van der Waals surface area contributed by atoms with Crippen molar-refractivity contribution in [1.29, 1.82) is 0 Å². The van der Waals surface area contributed by atoms with Crippen molar-refractivity contribution in [1.82, 2.24) is 4.98 Å². The zero-order valence-electron chi connectivity index (χ0n) is 12.2. The van der Waals surface area contributed by atoms with Crippen molar-refractivity contribution in [3.05, 3.63) is 23.4 Å². The molecule has 0 spiro atoms. The number of nitrogens with two attached hydrogens (primary N) is 1. The van der Waals surface area contributed by atoms with Crippen molar-refractivity contribution >= 4 is 0 Å². The number of hydrogen-bond donors (Lipinski definition) is 1. The van der Waals surface area contributed by atoms with Crippen LogP contribution in [0, 0.1) is 5.92 Å². The van der Waals surface area contributed by atoms with Crippen molar-refractivity contribution in [2.75, 3.05) is 0 Å². The minimum Gasteiger partial charge on any atom is -0.474 e. The van der Waals surface area contributed by atoms with Gasteiger partial charge in [-0.25, -0.2) is 4.98 Å². The largest absolute Gasteiger partial charge is 0.474 e. The van der Waals surface area contributed by atoms with Crippen molar-refractivity contribution < 1.29 is 4.74 Å². The summed E-state index contributed by atoms with van der Waals surface area (Å²) in [5.41, 5.74) is 7.93. The minimum absolute atomic E-state index is 0.337. The van der Waals surface area contributed by atoms with Crippen LogP contribution in [0.2, 0.25) is 0 Å². The molecular formula is C16H26N2O. The van der Waals surface area contributed by atoms with Crippen LogP contribution >= 0.6 is 0 Å². The summed E-state index contributed by atoms with van der Waals surface area (Å²) in [6, 6.07) is 4.07. The molecule has 1 heterocycles. The highest BCUT2D eigenvalue weighted by Crippen LogP contribution is 2.30. The van der Waals surface area contributed by atoms with Gasteiger partial charge in [0.2, 0.25) is 5.88 Å². The molecule has 106 valence electrons. The van der Waals surface area contributed by atoms with Gasteiger partial charge in [0.15, 0.2) is 0 Å². The van der Waals surface area contributed by atoms with E-state index in [0.29, 0.717) is 18.6 Å². The fourth-order valence-corrected chi connectivity index (χ4v) is 2.93. The van der Waals surface area contributed by atoms with Crippen molar-refractivity contribution in [2.45, 2.75) is 65.0 Å². The Labute approximate surface area is 116 Å². The Morgan fingerprint density at radius 3 is 2.74 bits per heavy atom. The van der Waals surface area contributed by atoms with Gasteiger partial charge in [-0.15, -0.1) is 0 Å². The summed E-state index contributed by atoms with van der Waals surface area (Å²) in [7, 11) is 0. The maximum Gasteiger partial charge on any atom is 0.214 e. The van der Waals surface area contributed by atoms with E-state index < -0.39 is 0 Å². The molecule has 2 rings (SSSR count). The van der Waals surface area contributed by atoms with Gasteiger partial charge in [0, 0.05) is 18.3 Å². The lowest BCUT2D eigenvalue weighted by Crippen LogP contribution is -2.30. The van der Waals surface area contributed by atoms with Gasteiger partial charge in [0.05, 0.1) is 0 Å². The Hall–Kier alpha value is -1.09. The third kappa shape index (κ3) is 3.69. The lowest BCUT2D eigenvalue weighted by molar-refractivity contribution is 0.0856. The molecule has 0 bridgehead atoms. The van der Waals surface area contributed by atoms with Gasteiger partial charge in [-0.3, -0.25) is 0 Å². The molecule has 19 heavy (non-hydrogen) atoms. The van der Waals surface area contributed by atoms with Gasteiger partial charge in [-0.05, 0) is 49.7 Å². The number of aromatic nitrogens is 1. The maximum absolute atomic E-state index is 6.18. The Morgan fingerprint density at radius 2 is 2.05 bits per heavy atom. The van der Waals surface area contributed by atoms with Crippen molar-refractivity contribution in [3.8, 4) is 5.88 Å². The van der Waals surface area contributed by atoms with E-state index in [9.17, 15) is 0 Å². The fraction of sp³-hybridized carbons (Fsp3) is 0.688. The van der Waals surface area contributed by atoms with Crippen molar-refractivity contribution in [3.63, 3.8) is 0 Å². The smallest absolute Gasteiger partial charge is 0.214 e. The number of pyridine rings is 1. The molecule has 0 aliphatic heterocycles.